The van der Waals surface area contributed by atoms with Gasteiger partial charge < -0.3 is 36.9 Å². The predicted molar refractivity (Wildman–Crippen MR) is 154 cm³/mol. The van der Waals surface area contributed by atoms with Crippen molar-refractivity contribution in [1.82, 2.24) is 36.4 Å². The molecule has 0 radical (unpaired) electrons. The van der Waals surface area contributed by atoms with Gasteiger partial charge in [-0.1, -0.05) is 24.3 Å². The molecular formula is C28H54N8O. The van der Waals surface area contributed by atoms with Gasteiger partial charge in [-0.2, -0.15) is 0 Å². The fourth-order valence-electron chi connectivity index (χ4n) is 5.04. The molecule has 3 rings (SSSR count). The predicted octanol–water partition coefficient (Wildman–Crippen LogP) is -0.791. The van der Waals surface area contributed by atoms with Gasteiger partial charge in [0.1, 0.15) is 0 Å². The first-order chi connectivity index (χ1) is 18.3. The fraction of sp³-hybridized carbons (Fsp3) is 0.786. The monoisotopic (exact) mass is 518 g/mol. The van der Waals surface area contributed by atoms with Crippen LogP contribution in [0, 0.1) is 5.21 Å². The van der Waals surface area contributed by atoms with Crippen LogP contribution >= 0.6 is 0 Å². The number of nitrogens with zero attached hydrogens (tertiary/aromatic N) is 2. The second kappa shape index (κ2) is 19.9. The van der Waals surface area contributed by atoms with E-state index in [1.54, 1.807) is 0 Å². The Morgan fingerprint density at radius 1 is 0.514 bits per heavy atom. The van der Waals surface area contributed by atoms with Crippen LogP contribution in [0.5, 0.6) is 0 Å². The molecule has 1 atom stereocenters. The van der Waals surface area contributed by atoms with Crippen LogP contribution in [0.3, 0.4) is 0 Å². The van der Waals surface area contributed by atoms with Crippen LogP contribution in [0.15, 0.2) is 24.3 Å². The summed E-state index contributed by atoms with van der Waals surface area (Å²) in [5.41, 5.74) is 2.80. The minimum atomic E-state index is 0.386. The van der Waals surface area contributed by atoms with Crippen LogP contribution in [0.25, 0.3) is 0 Å². The third-order valence-corrected chi connectivity index (χ3v) is 7.28. The van der Waals surface area contributed by atoms with E-state index in [-0.39, 0.29) is 0 Å². The molecule has 1 unspecified atom stereocenters. The van der Waals surface area contributed by atoms with Crippen molar-refractivity contribution in [2.45, 2.75) is 38.8 Å². The second-order valence-electron chi connectivity index (χ2n) is 10.6. The van der Waals surface area contributed by atoms with Crippen molar-refractivity contribution in [1.29, 1.82) is 0 Å². The first-order valence-electron chi connectivity index (χ1n) is 14.9. The van der Waals surface area contributed by atoms with Crippen LogP contribution in [0.1, 0.15) is 36.8 Å². The number of hydrogen-bond donors (Lipinski definition) is 6. The smallest absolute Gasteiger partial charge is 0.0895 e. The van der Waals surface area contributed by atoms with E-state index in [0.29, 0.717) is 18.2 Å². The van der Waals surface area contributed by atoms with E-state index in [9.17, 15) is 5.21 Å². The summed E-state index contributed by atoms with van der Waals surface area (Å²) in [5, 5.41) is 29.9. The van der Waals surface area contributed by atoms with Crippen molar-refractivity contribution in [3.63, 3.8) is 0 Å². The lowest BCUT2D eigenvalue weighted by Crippen LogP contribution is -3.08. The first-order valence-corrected chi connectivity index (χ1v) is 14.9. The summed E-state index contributed by atoms with van der Waals surface area (Å²) in [6.45, 7) is 17.9. The zero-order valence-electron chi connectivity index (χ0n) is 23.2. The minimum Gasteiger partial charge on any atom is -0.634 e. The molecule has 6 N–H and O–H groups in total. The standard InChI is InChI=1S/C28H54N8O/c37-36-21-4-13-32-17-23-35(20-3-12-33-18-24-36)26-28-7-5-27(6-8-28)25-34-19-2-11-30-15-14-29-9-1-10-31-16-22-34/h5-8,29-33,36H,1-4,9-26H2. The Bertz CT molecular complexity index is 647. The van der Waals surface area contributed by atoms with Gasteiger partial charge in [0.15, 0.2) is 0 Å². The molecule has 1 aromatic rings. The molecule has 0 spiro atoms. The molecule has 0 aliphatic carbocycles. The van der Waals surface area contributed by atoms with Gasteiger partial charge in [0.05, 0.1) is 13.1 Å². The summed E-state index contributed by atoms with van der Waals surface area (Å²) in [7, 11) is 0. The van der Waals surface area contributed by atoms with Crippen LogP contribution in [0.2, 0.25) is 0 Å². The average Bonchev–Trinajstić information content (AvgIpc) is 2.90. The van der Waals surface area contributed by atoms with E-state index in [1.807, 2.05) is 0 Å². The summed E-state index contributed by atoms with van der Waals surface area (Å²) in [6, 6.07) is 9.32. The van der Waals surface area contributed by atoms with E-state index in [4.69, 9.17) is 0 Å². The summed E-state index contributed by atoms with van der Waals surface area (Å²) in [6.07, 6.45) is 4.43. The van der Waals surface area contributed by atoms with Crippen molar-refractivity contribution in [3.8, 4) is 0 Å². The number of quaternary nitrogens is 1. The summed E-state index contributed by atoms with van der Waals surface area (Å²) in [4.78, 5) is 5.16. The molecule has 2 fully saturated rings. The lowest BCUT2D eigenvalue weighted by atomic mass is 10.1. The average molecular weight is 519 g/mol. The Morgan fingerprint density at radius 2 is 0.973 bits per heavy atom. The second-order valence-corrected chi connectivity index (χ2v) is 10.6. The van der Waals surface area contributed by atoms with Gasteiger partial charge >= 0.3 is 0 Å². The fourth-order valence-corrected chi connectivity index (χ4v) is 5.04. The van der Waals surface area contributed by atoms with Gasteiger partial charge in [0.2, 0.25) is 0 Å². The lowest BCUT2D eigenvalue weighted by Gasteiger charge is -2.25. The molecular weight excluding hydrogens is 464 g/mol. The van der Waals surface area contributed by atoms with Crippen LogP contribution < -0.4 is 31.6 Å². The quantitative estimate of drug-likeness (QED) is 0.289. The van der Waals surface area contributed by atoms with E-state index in [2.05, 4.69) is 60.6 Å². The molecule has 9 heteroatoms. The van der Waals surface area contributed by atoms with E-state index >= 15 is 0 Å². The van der Waals surface area contributed by atoms with Gasteiger partial charge in [-0.3, -0.25) is 9.80 Å². The van der Waals surface area contributed by atoms with Crippen molar-refractivity contribution >= 4 is 0 Å². The maximum absolute atomic E-state index is 11.9. The van der Waals surface area contributed by atoms with Crippen molar-refractivity contribution in [2.24, 2.45) is 0 Å². The summed E-state index contributed by atoms with van der Waals surface area (Å²) < 4.78 is 0. The van der Waals surface area contributed by atoms with Gasteiger partial charge in [-0.25, -0.2) is 0 Å². The Balaban J connectivity index is 1.45. The highest BCUT2D eigenvalue weighted by atomic mass is 16.5. The molecule has 0 aromatic heterocycles. The Kier molecular flexibility index (Phi) is 16.3. The molecule has 2 saturated heterocycles. The Morgan fingerprint density at radius 3 is 1.54 bits per heavy atom. The molecule has 9 nitrogen and oxygen atoms in total. The maximum atomic E-state index is 11.9. The maximum Gasteiger partial charge on any atom is 0.0895 e. The molecule has 0 saturated carbocycles. The molecule has 2 aliphatic rings. The van der Waals surface area contributed by atoms with Crippen LogP contribution in [0.4, 0.5) is 0 Å². The topological polar surface area (TPSA) is 94.1 Å². The van der Waals surface area contributed by atoms with Crippen molar-refractivity contribution in [3.05, 3.63) is 40.6 Å². The van der Waals surface area contributed by atoms with Crippen molar-refractivity contribution < 1.29 is 5.06 Å². The number of rotatable bonds is 4. The number of nitrogens with one attached hydrogen (secondary N) is 6. The summed E-state index contributed by atoms with van der Waals surface area (Å²) >= 11 is 0. The third kappa shape index (κ3) is 14.6. The first kappa shape index (κ1) is 30.4. The SMILES string of the molecule is [O-][NH+]1CCCNCCN(Cc2ccc(CN3CCCNCCNCCCNCC3)cc2)CCCNCC1. The number of hydroxylamine groups is 2. The van der Waals surface area contributed by atoms with Gasteiger partial charge in [-0.05, 0) is 69.7 Å². The highest BCUT2D eigenvalue weighted by molar-refractivity contribution is 5.22. The molecule has 2 heterocycles. The molecule has 212 valence electrons. The number of hydrogen-bond acceptors (Lipinski definition) is 8. The summed E-state index contributed by atoms with van der Waals surface area (Å²) in [5.74, 6) is 0. The van der Waals surface area contributed by atoms with Crippen molar-refractivity contribution in [2.75, 3.05) is 105 Å². The largest absolute Gasteiger partial charge is 0.634 e. The highest BCUT2D eigenvalue weighted by Gasteiger charge is 2.10. The normalized spacial score (nSPS) is 24.6. The Hall–Kier alpha value is -1.14. The number of benzene rings is 1. The van der Waals surface area contributed by atoms with Crippen LogP contribution in [-0.2, 0) is 13.1 Å². The minimum absolute atomic E-state index is 0.386. The molecule has 0 amide bonds. The van der Waals surface area contributed by atoms with Gasteiger partial charge in [-0.15, -0.1) is 0 Å². The lowest BCUT2D eigenvalue weighted by molar-refractivity contribution is -0.846. The molecule has 1 aromatic carbocycles. The van der Waals surface area contributed by atoms with Gasteiger partial charge in [0, 0.05) is 71.9 Å². The van der Waals surface area contributed by atoms with Gasteiger partial charge in [0.25, 0.3) is 0 Å². The van der Waals surface area contributed by atoms with E-state index < -0.39 is 0 Å². The van der Waals surface area contributed by atoms with E-state index in [0.717, 1.165) is 118 Å². The van der Waals surface area contributed by atoms with Crippen LogP contribution in [-0.4, -0.2) is 115 Å². The highest BCUT2D eigenvalue weighted by Crippen LogP contribution is 2.11. The molecule has 37 heavy (non-hydrogen) atoms. The third-order valence-electron chi connectivity index (χ3n) is 7.28. The molecule has 0 bridgehead atoms. The zero-order chi connectivity index (χ0) is 25.8. The van der Waals surface area contributed by atoms with E-state index in [1.165, 1.54) is 24.0 Å². The zero-order valence-corrected chi connectivity index (χ0v) is 23.2. The molecule has 2 aliphatic heterocycles. The Labute approximate surface area is 225 Å².